The molecule has 2 aliphatic rings. The average molecular weight is 518 g/mol. The molecule has 15 heteroatoms. The number of aromatic nitrogens is 4. The van der Waals surface area contributed by atoms with Gasteiger partial charge in [-0.2, -0.15) is 8.42 Å². The molecule has 0 spiro atoms. The van der Waals surface area contributed by atoms with E-state index in [4.69, 9.17) is 14.1 Å². The molecule has 2 aliphatic heterocycles. The molecule has 4 heterocycles. The van der Waals surface area contributed by atoms with Gasteiger partial charge in [0.05, 0.1) is 36.4 Å². The van der Waals surface area contributed by atoms with Crippen LogP contribution in [0.3, 0.4) is 0 Å². The van der Waals surface area contributed by atoms with Crippen LogP contribution >= 0.6 is 0 Å². The molecule has 0 unspecified atom stereocenters. The molecule has 0 bridgehead atoms. The smallest absolute Gasteiger partial charge is 0.414 e. The standard InChI is InChI=1S/C21H19FN6O7S/c22-18-7-14(28-11-16(34-21(28)29)10-27-6-5-24-26-27)2-3-17(18)13-1-4-19(23-9-13)20-8-15(35-25-20)12-33-36(30,31)32/h1-9,15-16,25H,10-12H2,(H,30,31,32)/t15-,16-/m0/s1. The molecule has 1 saturated heterocycles. The Balaban J connectivity index is 1.26. The number of nitrogens with one attached hydrogen (secondary N) is 1. The van der Waals surface area contributed by atoms with Gasteiger partial charge in [0.2, 0.25) is 0 Å². The summed E-state index contributed by atoms with van der Waals surface area (Å²) in [5, 5.41) is 7.57. The molecule has 1 fully saturated rings. The summed E-state index contributed by atoms with van der Waals surface area (Å²) in [6, 6.07) is 7.72. The number of halogens is 1. The van der Waals surface area contributed by atoms with Gasteiger partial charge in [-0.15, -0.1) is 5.10 Å². The molecule has 0 radical (unpaired) electrons. The first kappa shape index (κ1) is 23.8. The number of hydrogen-bond donors (Lipinski definition) is 2. The van der Waals surface area contributed by atoms with Crippen LogP contribution in [-0.4, -0.2) is 64.4 Å². The van der Waals surface area contributed by atoms with Crippen molar-refractivity contribution in [3.8, 4) is 11.1 Å². The number of amides is 1. The van der Waals surface area contributed by atoms with Gasteiger partial charge in [0, 0.05) is 23.5 Å². The highest BCUT2D eigenvalue weighted by atomic mass is 32.3. The molecule has 1 aromatic carbocycles. The minimum atomic E-state index is -4.58. The van der Waals surface area contributed by atoms with Crippen molar-refractivity contribution in [2.45, 2.75) is 18.8 Å². The summed E-state index contributed by atoms with van der Waals surface area (Å²) in [6.07, 6.45) is 4.41. The second kappa shape index (κ2) is 9.62. The van der Waals surface area contributed by atoms with Gasteiger partial charge in [0.15, 0.2) is 0 Å². The number of nitrogens with zero attached hydrogens (tertiary/aromatic N) is 5. The van der Waals surface area contributed by atoms with Gasteiger partial charge >= 0.3 is 16.5 Å². The third kappa shape index (κ3) is 5.33. The lowest BCUT2D eigenvalue weighted by Crippen LogP contribution is -2.26. The third-order valence-electron chi connectivity index (χ3n) is 5.41. The second-order valence-corrected chi connectivity index (χ2v) is 8.98. The number of benzene rings is 1. The third-order valence-corrected chi connectivity index (χ3v) is 5.84. The Morgan fingerprint density at radius 3 is 2.83 bits per heavy atom. The first-order valence-corrected chi connectivity index (χ1v) is 12.0. The van der Waals surface area contributed by atoms with Gasteiger partial charge < -0.3 is 4.74 Å². The number of rotatable bonds is 8. The minimum absolute atomic E-state index is 0.244. The van der Waals surface area contributed by atoms with E-state index in [-0.39, 0.29) is 12.1 Å². The first-order valence-electron chi connectivity index (χ1n) is 10.6. The number of carbonyl (C=O) groups excluding carboxylic acids is 1. The number of anilines is 1. The van der Waals surface area contributed by atoms with Crippen molar-refractivity contribution in [3.05, 3.63) is 66.5 Å². The van der Waals surface area contributed by atoms with Crippen molar-refractivity contribution in [3.63, 3.8) is 0 Å². The van der Waals surface area contributed by atoms with Crippen LogP contribution in [0.4, 0.5) is 14.9 Å². The number of cyclic esters (lactones) is 1. The molecule has 2 aromatic heterocycles. The highest BCUT2D eigenvalue weighted by Crippen LogP contribution is 2.30. The summed E-state index contributed by atoms with van der Waals surface area (Å²) in [7, 11) is -4.58. The van der Waals surface area contributed by atoms with Crippen molar-refractivity contribution in [1.29, 1.82) is 0 Å². The lowest BCUT2D eigenvalue weighted by atomic mass is 10.1. The van der Waals surface area contributed by atoms with Crippen molar-refractivity contribution in [2.24, 2.45) is 0 Å². The predicted octanol–water partition coefficient (Wildman–Crippen LogP) is 1.57. The molecule has 0 aliphatic carbocycles. The number of hydrogen-bond acceptors (Lipinski definition) is 10. The molecule has 2 atom stereocenters. The van der Waals surface area contributed by atoms with Crippen LogP contribution in [0.25, 0.3) is 16.8 Å². The molecule has 0 saturated carbocycles. The van der Waals surface area contributed by atoms with Crippen molar-refractivity contribution < 1.29 is 35.9 Å². The molecule has 36 heavy (non-hydrogen) atoms. The normalized spacial score (nSPS) is 19.8. The molecule has 188 valence electrons. The average Bonchev–Trinajstić information content (AvgIpc) is 3.59. The molecule has 13 nitrogen and oxygen atoms in total. The van der Waals surface area contributed by atoms with Crippen LogP contribution < -0.4 is 10.4 Å². The maximum Gasteiger partial charge on any atom is 0.414 e. The zero-order chi connectivity index (χ0) is 25.3. The maximum atomic E-state index is 15.0. The molecular formula is C21H19FN6O7S. The van der Waals surface area contributed by atoms with E-state index in [2.05, 4.69) is 25.0 Å². The largest absolute Gasteiger partial charge is 0.442 e. The Labute approximate surface area is 204 Å². The van der Waals surface area contributed by atoms with E-state index >= 15 is 0 Å². The van der Waals surface area contributed by atoms with E-state index in [0.29, 0.717) is 29.2 Å². The van der Waals surface area contributed by atoms with Crippen LogP contribution in [0.2, 0.25) is 0 Å². The quantitative estimate of drug-likeness (QED) is 0.417. The maximum absolute atomic E-state index is 15.0. The molecule has 1 amide bonds. The van der Waals surface area contributed by atoms with Gasteiger partial charge in [-0.1, -0.05) is 11.3 Å². The molecular weight excluding hydrogens is 499 g/mol. The van der Waals surface area contributed by atoms with E-state index in [1.165, 1.54) is 29.4 Å². The van der Waals surface area contributed by atoms with Crippen LogP contribution in [-0.2, 0) is 30.7 Å². The zero-order valence-electron chi connectivity index (χ0n) is 18.4. The summed E-state index contributed by atoms with van der Waals surface area (Å²) in [6.45, 7) is 0.163. The lowest BCUT2D eigenvalue weighted by molar-refractivity contribution is 0.0224. The lowest BCUT2D eigenvalue weighted by Gasteiger charge is -2.14. The number of pyridine rings is 1. The predicted molar refractivity (Wildman–Crippen MR) is 121 cm³/mol. The fourth-order valence-electron chi connectivity index (χ4n) is 3.75. The number of carbonyl (C=O) groups is 1. The Kier molecular flexibility index (Phi) is 6.36. The van der Waals surface area contributed by atoms with Crippen LogP contribution in [0.1, 0.15) is 5.69 Å². The SMILES string of the molecule is O=C1O[C@@H](Cn2ccnn2)CN1c1ccc(-c2ccc(C3=C[C@@H](COS(=O)(=O)O)ON3)nc2)c(F)c1. The minimum Gasteiger partial charge on any atom is -0.442 e. The van der Waals surface area contributed by atoms with Crippen molar-refractivity contribution in [2.75, 3.05) is 18.1 Å². The fourth-order valence-corrected chi connectivity index (χ4v) is 4.06. The Morgan fingerprint density at radius 2 is 2.14 bits per heavy atom. The van der Waals surface area contributed by atoms with Gasteiger partial charge in [-0.25, -0.2) is 18.0 Å². The van der Waals surface area contributed by atoms with Crippen LogP contribution in [0, 0.1) is 5.82 Å². The zero-order valence-corrected chi connectivity index (χ0v) is 19.2. The van der Waals surface area contributed by atoms with E-state index in [1.54, 1.807) is 35.1 Å². The molecule has 2 N–H and O–H groups in total. The summed E-state index contributed by atoms with van der Waals surface area (Å²) in [4.78, 5) is 23.1. The summed E-state index contributed by atoms with van der Waals surface area (Å²) in [5.74, 6) is -0.543. The van der Waals surface area contributed by atoms with Crippen LogP contribution in [0.5, 0.6) is 0 Å². The Bertz CT molecular complexity index is 1400. The molecule has 5 rings (SSSR count). The van der Waals surface area contributed by atoms with Gasteiger partial charge in [-0.3, -0.25) is 24.8 Å². The Morgan fingerprint density at radius 1 is 1.28 bits per heavy atom. The second-order valence-electron chi connectivity index (χ2n) is 7.89. The summed E-state index contributed by atoms with van der Waals surface area (Å²) >= 11 is 0. The van der Waals surface area contributed by atoms with E-state index in [1.807, 2.05) is 0 Å². The fraction of sp³-hybridized carbons (Fsp3) is 0.238. The molecule has 3 aromatic rings. The van der Waals surface area contributed by atoms with E-state index in [0.717, 1.165) is 0 Å². The van der Waals surface area contributed by atoms with Crippen molar-refractivity contribution >= 4 is 27.9 Å². The van der Waals surface area contributed by atoms with Crippen LogP contribution in [0.15, 0.2) is 55.0 Å². The summed E-state index contributed by atoms with van der Waals surface area (Å²) < 4.78 is 56.2. The number of hydroxylamine groups is 1. The van der Waals surface area contributed by atoms with Gasteiger partial charge in [-0.05, 0) is 30.3 Å². The highest BCUT2D eigenvalue weighted by molar-refractivity contribution is 7.80. The topological polar surface area (TPSA) is 158 Å². The number of ether oxygens (including phenoxy) is 1. The summed E-state index contributed by atoms with van der Waals surface area (Å²) in [5.41, 5.74) is 4.66. The van der Waals surface area contributed by atoms with Gasteiger partial charge in [0.25, 0.3) is 0 Å². The first-order chi connectivity index (χ1) is 17.2. The van der Waals surface area contributed by atoms with E-state index in [9.17, 15) is 17.6 Å². The van der Waals surface area contributed by atoms with Gasteiger partial charge in [0.1, 0.15) is 24.6 Å². The Hall–Kier alpha value is -3.92. The van der Waals surface area contributed by atoms with Crippen molar-refractivity contribution in [1.82, 2.24) is 25.5 Å². The monoisotopic (exact) mass is 518 g/mol. The highest BCUT2D eigenvalue weighted by Gasteiger charge is 2.33. The van der Waals surface area contributed by atoms with E-state index < -0.39 is 41.1 Å².